The van der Waals surface area contributed by atoms with Gasteiger partial charge in [0.1, 0.15) is 30.1 Å². The van der Waals surface area contributed by atoms with Gasteiger partial charge in [-0.3, -0.25) is 14.5 Å². The van der Waals surface area contributed by atoms with E-state index in [-0.39, 0.29) is 60.9 Å². The quantitative estimate of drug-likeness (QED) is 0.108. The number of nitrogens with zero attached hydrogens (tertiary/aromatic N) is 6. The minimum atomic E-state index is -1.91. The summed E-state index contributed by atoms with van der Waals surface area (Å²) in [7, 11) is 0. The molecule has 3 unspecified atom stereocenters. The average molecular weight is 855 g/mol. The van der Waals surface area contributed by atoms with E-state index in [0.717, 1.165) is 25.2 Å². The molecular weight excluding hydrogens is 810 g/mol. The number of likely N-dealkylation sites (tertiary alicyclic amines) is 1. The van der Waals surface area contributed by atoms with E-state index in [9.17, 15) is 23.2 Å². The van der Waals surface area contributed by atoms with Crippen LogP contribution in [0, 0.1) is 28.8 Å². The maximum atomic E-state index is 15.8. The van der Waals surface area contributed by atoms with Crippen LogP contribution in [0.15, 0.2) is 67.3 Å². The van der Waals surface area contributed by atoms with Gasteiger partial charge in [-0.1, -0.05) is 24.3 Å². The van der Waals surface area contributed by atoms with Crippen LogP contribution in [0.4, 0.5) is 18.0 Å². The summed E-state index contributed by atoms with van der Waals surface area (Å²) in [5, 5.41) is 11.9. The summed E-state index contributed by atoms with van der Waals surface area (Å²) >= 11 is 1.25. The molecule has 15 nitrogen and oxygen atoms in total. The molecule has 19 heteroatoms. The number of aromatic nitrogens is 3. The summed E-state index contributed by atoms with van der Waals surface area (Å²) in [6, 6.07) is 9.17. The van der Waals surface area contributed by atoms with Gasteiger partial charge in [0.25, 0.3) is 0 Å². The number of morpholine rings is 1. The Hall–Kier alpha value is -5.26. The van der Waals surface area contributed by atoms with E-state index in [0.29, 0.717) is 37.9 Å². The molecule has 3 saturated heterocycles. The third-order valence-corrected chi connectivity index (χ3v) is 11.6. The number of amides is 1. The van der Waals surface area contributed by atoms with Crippen molar-refractivity contribution in [2.24, 2.45) is 0 Å². The molecule has 0 N–H and O–H groups in total. The van der Waals surface area contributed by atoms with E-state index < -0.39 is 53.0 Å². The van der Waals surface area contributed by atoms with Gasteiger partial charge >= 0.3 is 12.1 Å². The monoisotopic (exact) mass is 854 g/mol. The lowest BCUT2D eigenvalue weighted by atomic mass is 9.89. The molecule has 320 valence electrons. The van der Waals surface area contributed by atoms with Gasteiger partial charge in [0.2, 0.25) is 12.2 Å². The molecule has 60 heavy (non-hydrogen) atoms. The van der Waals surface area contributed by atoms with Crippen LogP contribution in [0.1, 0.15) is 43.4 Å². The van der Waals surface area contributed by atoms with Crippen LogP contribution in [-0.4, -0.2) is 124 Å². The van der Waals surface area contributed by atoms with E-state index in [4.69, 9.17) is 33.7 Å². The topological polar surface area (TPSA) is 168 Å². The molecular formula is C41H45F3N6O9S. The highest BCUT2D eigenvalue weighted by Gasteiger charge is 2.47. The molecule has 1 amide bonds. The largest absolute Gasteiger partial charge is 0.512 e. The fraction of sp³-hybridized carbons (Fsp3) is 0.463. The average Bonchev–Trinajstić information content (AvgIpc) is 3.72. The van der Waals surface area contributed by atoms with Gasteiger partial charge < -0.3 is 33.3 Å². The molecule has 0 spiro atoms. The first-order valence-electron chi connectivity index (χ1n) is 19.3. The standard InChI is InChI=1S/C41H45F3N6O9S/c1-27(60-33-22-55-39(56-23-33)6-4-3-5-30-8-7-29(19-45)17-35(30)43)41(24-50-26-46-25-47-50,34-10-9-31(42)18-36(34)44)59-40(53)58-28(2)57-38(52)12-11-37(51)49-20-32(21-49)48-13-15-54-16-14-48/h3-10,17-18,25-28,32-33,39H,11-16,20-24H2,1-2H3. The van der Waals surface area contributed by atoms with Gasteiger partial charge in [0.15, 0.2) is 11.9 Å². The Labute approximate surface area is 349 Å². The fourth-order valence-corrected chi connectivity index (χ4v) is 8.26. The molecule has 0 radical (unpaired) electrons. The summed E-state index contributed by atoms with van der Waals surface area (Å²) < 4.78 is 79.3. The second-order valence-corrected chi connectivity index (χ2v) is 15.9. The molecule has 3 aliphatic rings. The number of hydrogen-bond acceptors (Lipinski definition) is 14. The SMILES string of the molecule is CC(OC(=O)CCC(=O)N1CC(N2CCOCC2)C1)OC(=O)OC(Cn1cncn1)(c1ccc(F)cc1F)C(C)SC1COC(C=CC=Cc2ccc(C#N)cc2F)OC1. The number of halogens is 3. The molecule has 0 bridgehead atoms. The maximum Gasteiger partial charge on any atom is 0.512 e. The van der Waals surface area contributed by atoms with E-state index in [1.165, 1.54) is 60.3 Å². The summed E-state index contributed by atoms with van der Waals surface area (Å²) in [5.74, 6) is -3.37. The van der Waals surface area contributed by atoms with E-state index >= 15 is 4.39 Å². The lowest BCUT2D eigenvalue weighted by Gasteiger charge is -2.46. The lowest BCUT2D eigenvalue weighted by Crippen LogP contribution is -2.62. The van der Waals surface area contributed by atoms with Crippen LogP contribution < -0.4 is 0 Å². The van der Waals surface area contributed by atoms with E-state index in [1.807, 2.05) is 6.07 Å². The molecule has 4 heterocycles. The van der Waals surface area contributed by atoms with Crippen LogP contribution in [0.25, 0.3) is 6.08 Å². The Morgan fingerprint density at radius 3 is 2.47 bits per heavy atom. The number of rotatable bonds is 16. The van der Waals surface area contributed by atoms with Crippen molar-refractivity contribution in [3.63, 3.8) is 0 Å². The highest BCUT2D eigenvalue weighted by Crippen LogP contribution is 2.42. The first-order valence-corrected chi connectivity index (χ1v) is 20.3. The van der Waals surface area contributed by atoms with Crippen molar-refractivity contribution >= 4 is 35.9 Å². The van der Waals surface area contributed by atoms with Crippen LogP contribution in [0.5, 0.6) is 0 Å². The molecule has 0 aliphatic carbocycles. The second-order valence-electron chi connectivity index (χ2n) is 14.3. The van der Waals surface area contributed by atoms with Gasteiger partial charge in [-0.15, -0.1) is 11.8 Å². The Bertz CT molecular complexity index is 2050. The van der Waals surface area contributed by atoms with Crippen molar-refractivity contribution in [3.8, 4) is 6.07 Å². The number of hydrogen-bond donors (Lipinski definition) is 0. The van der Waals surface area contributed by atoms with Crippen LogP contribution in [-0.2, 0) is 50.2 Å². The number of carbonyl (C=O) groups is 3. The number of thioether (sulfide) groups is 1. The minimum Gasteiger partial charge on any atom is -0.425 e. The van der Waals surface area contributed by atoms with Gasteiger partial charge in [0.05, 0.1) is 56.3 Å². The van der Waals surface area contributed by atoms with Crippen molar-refractivity contribution < 1.29 is 56.0 Å². The summed E-state index contributed by atoms with van der Waals surface area (Å²) in [5.41, 5.74) is -1.59. The highest BCUT2D eigenvalue weighted by atomic mass is 32.2. The Morgan fingerprint density at radius 1 is 1.02 bits per heavy atom. The van der Waals surface area contributed by atoms with Gasteiger partial charge in [-0.05, 0) is 37.3 Å². The number of allylic oxidation sites excluding steroid dienone is 2. The van der Waals surface area contributed by atoms with Crippen LogP contribution in [0.2, 0.25) is 0 Å². The second kappa shape index (κ2) is 20.8. The predicted molar refractivity (Wildman–Crippen MR) is 209 cm³/mol. The number of benzene rings is 2. The minimum absolute atomic E-state index is 0.0881. The summed E-state index contributed by atoms with van der Waals surface area (Å²) in [4.78, 5) is 46.8. The lowest BCUT2D eigenvalue weighted by molar-refractivity contribution is -0.173. The number of esters is 1. The number of nitriles is 1. The van der Waals surface area contributed by atoms with Crippen molar-refractivity contribution in [1.29, 1.82) is 5.26 Å². The normalized spacial score (nSPS) is 20.8. The third kappa shape index (κ3) is 11.7. The van der Waals surface area contributed by atoms with Crippen LogP contribution in [0.3, 0.4) is 0 Å². The van der Waals surface area contributed by atoms with Gasteiger partial charge in [-0.25, -0.2) is 27.6 Å². The number of carbonyl (C=O) groups excluding carboxylic acids is 3. The zero-order chi connectivity index (χ0) is 42.6. The smallest absolute Gasteiger partial charge is 0.425 e. The predicted octanol–water partition coefficient (Wildman–Crippen LogP) is 4.96. The molecule has 0 saturated carbocycles. The van der Waals surface area contributed by atoms with Crippen molar-refractivity contribution in [2.45, 2.75) is 68.0 Å². The van der Waals surface area contributed by atoms with Gasteiger partial charge in [0, 0.05) is 68.0 Å². The maximum absolute atomic E-state index is 15.8. The molecule has 3 fully saturated rings. The Morgan fingerprint density at radius 2 is 1.78 bits per heavy atom. The summed E-state index contributed by atoms with van der Waals surface area (Å²) in [6.45, 7) is 7.11. The summed E-state index contributed by atoms with van der Waals surface area (Å²) in [6.07, 6.45) is 5.12. The molecule has 1 aromatic heterocycles. The first-order chi connectivity index (χ1) is 28.9. The molecule has 3 atom stereocenters. The van der Waals surface area contributed by atoms with Gasteiger partial charge in [-0.2, -0.15) is 10.4 Å². The third-order valence-electron chi connectivity index (χ3n) is 10.1. The number of ether oxygens (including phenoxy) is 6. The van der Waals surface area contributed by atoms with Crippen molar-refractivity contribution in [1.82, 2.24) is 24.6 Å². The van der Waals surface area contributed by atoms with E-state index in [1.54, 1.807) is 30.1 Å². The Kier molecular flexibility index (Phi) is 15.4. The zero-order valence-corrected chi connectivity index (χ0v) is 33.8. The van der Waals surface area contributed by atoms with Crippen molar-refractivity contribution in [3.05, 3.63) is 101 Å². The first kappa shape index (κ1) is 44.3. The zero-order valence-electron chi connectivity index (χ0n) is 33.0. The molecule has 6 rings (SSSR count). The Balaban J connectivity index is 1.06. The molecule has 2 aromatic carbocycles. The van der Waals surface area contributed by atoms with Crippen LogP contribution >= 0.6 is 11.8 Å². The van der Waals surface area contributed by atoms with E-state index in [2.05, 4.69) is 15.0 Å². The molecule has 3 aromatic rings. The van der Waals surface area contributed by atoms with Crippen molar-refractivity contribution in [2.75, 3.05) is 52.6 Å². The molecule has 3 aliphatic heterocycles. The fourth-order valence-electron chi connectivity index (χ4n) is 6.90. The highest BCUT2D eigenvalue weighted by molar-refractivity contribution is 8.00.